The summed E-state index contributed by atoms with van der Waals surface area (Å²) in [5, 5.41) is 4.80. The lowest BCUT2D eigenvalue weighted by atomic mass is 10.2. The van der Waals surface area contributed by atoms with Crippen molar-refractivity contribution in [2.45, 2.75) is 13.8 Å². The molecule has 0 spiro atoms. The van der Waals surface area contributed by atoms with E-state index in [0.717, 1.165) is 31.6 Å². The SMILES string of the molecule is CCOc1ccc2nc(NC(=O)c3sc4cc(C)ccc4c3Cl)sc2c1. The van der Waals surface area contributed by atoms with Crippen molar-refractivity contribution in [3.05, 3.63) is 51.9 Å². The quantitative estimate of drug-likeness (QED) is 0.447. The number of fused-ring (bicyclic) bond motifs is 2. The third kappa shape index (κ3) is 3.16. The van der Waals surface area contributed by atoms with Gasteiger partial charge in [0.15, 0.2) is 5.13 Å². The molecule has 0 radical (unpaired) electrons. The van der Waals surface area contributed by atoms with Crippen LogP contribution in [0.25, 0.3) is 20.3 Å². The number of thiazole rings is 1. The van der Waals surface area contributed by atoms with Crippen LogP contribution in [0.1, 0.15) is 22.2 Å². The van der Waals surface area contributed by atoms with Crippen LogP contribution in [0.3, 0.4) is 0 Å². The summed E-state index contributed by atoms with van der Waals surface area (Å²) in [5.74, 6) is 0.558. The molecular formula is C19H15ClN2O2S2. The van der Waals surface area contributed by atoms with E-state index in [-0.39, 0.29) is 5.91 Å². The first-order chi connectivity index (χ1) is 12.5. The maximum absolute atomic E-state index is 12.7. The lowest BCUT2D eigenvalue weighted by Crippen LogP contribution is -2.10. The number of ether oxygens (including phenoxy) is 1. The van der Waals surface area contributed by atoms with Gasteiger partial charge >= 0.3 is 0 Å². The Bertz CT molecular complexity index is 1130. The van der Waals surface area contributed by atoms with Crippen molar-refractivity contribution in [3.63, 3.8) is 0 Å². The zero-order valence-corrected chi connectivity index (χ0v) is 16.5. The molecule has 0 fully saturated rings. The molecule has 26 heavy (non-hydrogen) atoms. The van der Waals surface area contributed by atoms with Crippen LogP contribution in [0.4, 0.5) is 5.13 Å². The average Bonchev–Trinajstić information content (AvgIpc) is 3.15. The number of carbonyl (C=O) groups is 1. The van der Waals surface area contributed by atoms with Gasteiger partial charge in [0, 0.05) is 10.1 Å². The normalized spacial score (nSPS) is 11.2. The number of thiophene rings is 1. The summed E-state index contributed by atoms with van der Waals surface area (Å²) >= 11 is 9.23. The summed E-state index contributed by atoms with van der Waals surface area (Å²) in [6, 6.07) is 11.7. The largest absolute Gasteiger partial charge is 0.494 e. The summed E-state index contributed by atoms with van der Waals surface area (Å²) < 4.78 is 7.48. The number of hydrogen-bond acceptors (Lipinski definition) is 5. The molecule has 2 heterocycles. The highest BCUT2D eigenvalue weighted by atomic mass is 35.5. The van der Waals surface area contributed by atoms with E-state index >= 15 is 0 Å². The Balaban J connectivity index is 1.63. The highest BCUT2D eigenvalue weighted by molar-refractivity contribution is 7.23. The van der Waals surface area contributed by atoms with Crippen molar-refractivity contribution in [2.75, 3.05) is 11.9 Å². The molecule has 0 atom stereocenters. The van der Waals surface area contributed by atoms with Crippen molar-refractivity contribution >= 4 is 65.6 Å². The highest BCUT2D eigenvalue weighted by Gasteiger charge is 2.18. The van der Waals surface area contributed by atoms with Crippen LogP contribution in [0.5, 0.6) is 5.75 Å². The fraction of sp³-hybridized carbons (Fsp3) is 0.158. The number of halogens is 1. The van der Waals surface area contributed by atoms with Gasteiger partial charge < -0.3 is 4.74 Å². The first-order valence-corrected chi connectivity index (χ1v) is 10.1. The topological polar surface area (TPSA) is 51.2 Å². The van der Waals surface area contributed by atoms with Crippen molar-refractivity contribution in [1.82, 2.24) is 4.98 Å². The van der Waals surface area contributed by atoms with Crippen molar-refractivity contribution < 1.29 is 9.53 Å². The summed E-state index contributed by atoms with van der Waals surface area (Å²) in [6.45, 7) is 4.57. The number of aryl methyl sites for hydroxylation is 1. The smallest absolute Gasteiger partial charge is 0.269 e. The summed E-state index contributed by atoms with van der Waals surface area (Å²) in [7, 11) is 0. The van der Waals surface area contributed by atoms with Gasteiger partial charge in [-0.05, 0) is 43.7 Å². The second-order valence-corrected chi connectivity index (χ2v) is 8.24. The van der Waals surface area contributed by atoms with E-state index in [2.05, 4.69) is 10.3 Å². The Morgan fingerprint density at radius 2 is 2.04 bits per heavy atom. The van der Waals surface area contributed by atoms with Crippen molar-refractivity contribution in [1.29, 1.82) is 0 Å². The summed E-state index contributed by atoms with van der Waals surface area (Å²) in [5.41, 5.74) is 1.96. The summed E-state index contributed by atoms with van der Waals surface area (Å²) in [4.78, 5) is 17.7. The molecule has 7 heteroatoms. The molecule has 0 aliphatic carbocycles. The molecule has 0 saturated carbocycles. The number of hydrogen-bond donors (Lipinski definition) is 1. The molecular weight excluding hydrogens is 388 g/mol. The second kappa shape index (κ2) is 6.87. The van der Waals surface area contributed by atoms with Crippen LogP contribution in [0.2, 0.25) is 5.02 Å². The minimum Gasteiger partial charge on any atom is -0.494 e. The zero-order valence-electron chi connectivity index (χ0n) is 14.1. The highest BCUT2D eigenvalue weighted by Crippen LogP contribution is 2.37. The summed E-state index contributed by atoms with van der Waals surface area (Å²) in [6.07, 6.45) is 0. The first-order valence-electron chi connectivity index (χ1n) is 8.08. The molecule has 132 valence electrons. The molecule has 2 aromatic carbocycles. The van der Waals surface area contributed by atoms with Crippen LogP contribution in [0, 0.1) is 6.92 Å². The Kier molecular flexibility index (Phi) is 4.56. The average molecular weight is 403 g/mol. The maximum atomic E-state index is 12.7. The molecule has 0 bridgehead atoms. The third-order valence-electron chi connectivity index (χ3n) is 3.88. The number of amides is 1. The van der Waals surface area contributed by atoms with Crippen molar-refractivity contribution in [3.8, 4) is 5.75 Å². The molecule has 0 unspecified atom stereocenters. The van der Waals surface area contributed by atoms with Gasteiger partial charge in [0.1, 0.15) is 10.6 Å². The maximum Gasteiger partial charge on any atom is 0.269 e. The molecule has 1 amide bonds. The van der Waals surface area contributed by atoms with E-state index in [1.807, 2.05) is 50.2 Å². The number of aromatic nitrogens is 1. The Morgan fingerprint density at radius 1 is 1.19 bits per heavy atom. The van der Waals surface area contributed by atoms with Gasteiger partial charge in [-0.2, -0.15) is 0 Å². The van der Waals surface area contributed by atoms with Crippen LogP contribution in [0.15, 0.2) is 36.4 Å². The van der Waals surface area contributed by atoms with Crippen LogP contribution < -0.4 is 10.1 Å². The van der Waals surface area contributed by atoms with E-state index in [1.165, 1.54) is 22.7 Å². The van der Waals surface area contributed by atoms with Gasteiger partial charge in [-0.3, -0.25) is 10.1 Å². The molecule has 4 rings (SSSR count). The van der Waals surface area contributed by atoms with Gasteiger partial charge in [-0.1, -0.05) is 35.1 Å². The minimum absolute atomic E-state index is 0.238. The second-order valence-electron chi connectivity index (χ2n) is 5.78. The Hall–Kier alpha value is -2.15. The first kappa shape index (κ1) is 17.3. The van der Waals surface area contributed by atoms with E-state index in [4.69, 9.17) is 16.3 Å². The van der Waals surface area contributed by atoms with E-state index in [9.17, 15) is 4.79 Å². The van der Waals surface area contributed by atoms with Gasteiger partial charge in [0.05, 0.1) is 21.8 Å². The molecule has 1 N–H and O–H groups in total. The molecule has 4 aromatic rings. The fourth-order valence-corrected chi connectivity index (χ4v) is 5.09. The molecule has 0 saturated heterocycles. The number of rotatable bonds is 4. The lowest BCUT2D eigenvalue weighted by Gasteiger charge is -2.00. The number of nitrogens with zero attached hydrogens (tertiary/aromatic N) is 1. The van der Waals surface area contributed by atoms with Crippen LogP contribution >= 0.6 is 34.3 Å². The molecule has 4 nitrogen and oxygen atoms in total. The predicted octanol–water partition coefficient (Wildman–Crippen LogP) is 6.12. The molecule has 0 aliphatic rings. The monoisotopic (exact) mass is 402 g/mol. The van der Waals surface area contributed by atoms with Gasteiger partial charge in [0.25, 0.3) is 5.91 Å². The van der Waals surface area contributed by atoms with Crippen molar-refractivity contribution in [2.24, 2.45) is 0 Å². The van der Waals surface area contributed by atoms with E-state index < -0.39 is 0 Å². The Morgan fingerprint density at radius 3 is 2.85 bits per heavy atom. The van der Waals surface area contributed by atoms with Gasteiger partial charge in [0.2, 0.25) is 0 Å². The minimum atomic E-state index is -0.238. The van der Waals surface area contributed by atoms with Gasteiger partial charge in [-0.25, -0.2) is 4.98 Å². The van der Waals surface area contributed by atoms with Crippen LogP contribution in [-0.4, -0.2) is 17.5 Å². The van der Waals surface area contributed by atoms with Crippen LogP contribution in [-0.2, 0) is 0 Å². The standard InChI is InChI=1S/C19H15ClN2O2S2/c1-3-24-11-5-7-13-15(9-11)26-19(21-13)22-18(23)17-16(20)12-6-4-10(2)8-14(12)25-17/h4-9H,3H2,1-2H3,(H,21,22,23). The van der Waals surface area contributed by atoms with E-state index in [0.29, 0.717) is 21.6 Å². The molecule has 0 aliphatic heterocycles. The number of anilines is 1. The number of benzene rings is 2. The fourth-order valence-electron chi connectivity index (χ4n) is 2.69. The number of nitrogens with one attached hydrogen (secondary N) is 1. The van der Waals surface area contributed by atoms with E-state index in [1.54, 1.807) is 0 Å². The van der Waals surface area contributed by atoms with Gasteiger partial charge in [-0.15, -0.1) is 11.3 Å². The lowest BCUT2D eigenvalue weighted by molar-refractivity contribution is 0.103. The number of carbonyl (C=O) groups excluding carboxylic acids is 1. The molecule has 2 aromatic heterocycles. The third-order valence-corrected chi connectivity index (χ3v) is 6.47. The zero-order chi connectivity index (χ0) is 18.3. The predicted molar refractivity (Wildman–Crippen MR) is 110 cm³/mol. The Labute approximate surface area is 163 Å².